The Balaban J connectivity index is 2.56. The van der Waals surface area contributed by atoms with Crippen LogP contribution in [-0.4, -0.2) is 18.3 Å². The molecule has 0 bridgehead atoms. The molecule has 0 aliphatic rings. The smallest absolute Gasteiger partial charge is 0.128 e. The fourth-order valence-corrected chi connectivity index (χ4v) is 1.30. The molecule has 0 fully saturated rings. The first-order valence-electron chi connectivity index (χ1n) is 3.99. The second kappa shape index (κ2) is 5.32. The molecule has 0 amide bonds. The van der Waals surface area contributed by atoms with Crippen molar-refractivity contribution in [3.05, 3.63) is 34.1 Å². The molecule has 1 aromatic carbocycles. The van der Waals surface area contributed by atoms with Gasteiger partial charge >= 0.3 is 0 Å². The number of hydrogen-bond acceptors (Lipinski definition) is 2. The van der Waals surface area contributed by atoms with Gasteiger partial charge in [0.15, 0.2) is 0 Å². The van der Waals surface area contributed by atoms with E-state index < -0.39 is 0 Å². The molecule has 2 N–H and O–H groups in total. The van der Waals surface area contributed by atoms with Crippen molar-refractivity contribution in [2.75, 3.05) is 13.2 Å². The molecule has 1 aromatic rings. The van der Waals surface area contributed by atoms with E-state index in [9.17, 15) is 4.39 Å². The number of aliphatic hydroxyl groups excluding tert-OH is 1. The number of rotatable bonds is 4. The number of benzene rings is 1. The van der Waals surface area contributed by atoms with E-state index in [1.807, 2.05) is 0 Å². The second-order valence-corrected chi connectivity index (χ2v) is 3.55. The molecule has 72 valence electrons. The zero-order valence-corrected chi connectivity index (χ0v) is 8.64. The molecule has 0 atom stereocenters. The van der Waals surface area contributed by atoms with Crippen molar-refractivity contribution in [1.82, 2.24) is 5.32 Å². The summed E-state index contributed by atoms with van der Waals surface area (Å²) in [5, 5.41) is 11.4. The third kappa shape index (κ3) is 3.42. The van der Waals surface area contributed by atoms with Gasteiger partial charge in [0.25, 0.3) is 0 Å². The van der Waals surface area contributed by atoms with Gasteiger partial charge in [0, 0.05) is 23.1 Å². The quantitative estimate of drug-likeness (QED) is 0.794. The van der Waals surface area contributed by atoms with Crippen LogP contribution in [0.4, 0.5) is 4.39 Å². The van der Waals surface area contributed by atoms with Gasteiger partial charge < -0.3 is 10.4 Å². The fraction of sp³-hybridized carbons (Fsp3) is 0.333. The molecule has 0 saturated carbocycles. The van der Waals surface area contributed by atoms with Crippen molar-refractivity contribution in [2.45, 2.75) is 6.54 Å². The largest absolute Gasteiger partial charge is 0.395 e. The van der Waals surface area contributed by atoms with Crippen LogP contribution in [0.15, 0.2) is 22.7 Å². The van der Waals surface area contributed by atoms with Gasteiger partial charge in [0.1, 0.15) is 5.82 Å². The van der Waals surface area contributed by atoms with Gasteiger partial charge in [-0.1, -0.05) is 22.0 Å². The summed E-state index contributed by atoms with van der Waals surface area (Å²) in [5.41, 5.74) is 0.608. The molecule has 4 heteroatoms. The van der Waals surface area contributed by atoms with Crippen molar-refractivity contribution in [2.24, 2.45) is 0 Å². The Morgan fingerprint density at radius 1 is 1.46 bits per heavy atom. The van der Waals surface area contributed by atoms with E-state index in [4.69, 9.17) is 5.11 Å². The summed E-state index contributed by atoms with van der Waals surface area (Å²) in [6, 6.07) is 4.93. The summed E-state index contributed by atoms with van der Waals surface area (Å²) >= 11 is 3.18. The van der Waals surface area contributed by atoms with Crippen molar-refractivity contribution in [3.63, 3.8) is 0 Å². The van der Waals surface area contributed by atoms with E-state index in [1.165, 1.54) is 6.07 Å². The summed E-state index contributed by atoms with van der Waals surface area (Å²) in [6.07, 6.45) is 0. The highest BCUT2D eigenvalue weighted by molar-refractivity contribution is 9.10. The predicted octanol–water partition coefficient (Wildman–Crippen LogP) is 1.67. The second-order valence-electron chi connectivity index (χ2n) is 2.64. The van der Waals surface area contributed by atoms with Gasteiger partial charge in [-0.2, -0.15) is 0 Å². The molecule has 0 saturated heterocycles. The van der Waals surface area contributed by atoms with Crippen molar-refractivity contribution >= 4 is 15.9 Å². The molecule has 2 nitrogen and oxygen atoms in total. The average molecular weight is 248 g/mol. The van der Waals surface area contributed by atoms with E-state index in [2.05, 4.69) is 21.2 Å². The van der Waals surface area contributed by atoms with Crippen LogP contribution in [0.1, 0.15) is 5.56 Å². The summed E-state index contributed by atoms with van der Waals surface area (Å²) in [6.45, 7) is 0.993. The van der Waals surface area contributed by atoms with Gasteiger partial charge in [-0.05, 0) is 12.1 Å². The summed E-state index contributed by atoms with van der Waals surface area (Å²) in [7, 11) is 0. The Morgan fingerprint density at radius 3 is 2.85 bits per heavy atom. The Hall–Kier alpha value is -0.450. The fourth-order valence-electron chi connectivity index (χ4n) is 0.967. The molecular weight excluding hydrogens is 237 g/mol. The van der Waals surface area contributed by atoms with Crippen LogP contribution in [0, 0.1) is 5.82 Å². The molecule has 0 unspecified atom stereocenters. The summed E-state index contributed by atoms with van der Waals surface area (Å²) in [5.74, 6) is -0.236. The Labute approximate surface area is 84.9 Å². The first kappa shape index (κ1) is 10.6. The Bertz CT molecular complexity index is 280. The molecule has 0 aromatic heterocycles. The minimum absolute atomic E-state index is 0.0676. The minimum Gasteiger partial charge on any atom is -0.395 e. The van der Waals surface area contributed by atoms with E-state index in [0.717, 1.165) is 4.47 Å². The zero-order valence-electron chi connectivity index (χ0n) is 7.06. The van der Waals surface area contributed by atoms with Crippen molar-refractivity contribution in [1.29, 1.82) is 0 Å². The van der Waals surface area contributed by atoms with Gasteiger partial charge in [0.2, 0.25) is 0 Å². The summed E-state index contributed by atoms with van der Waals surface area (Å²) < 4.78 is 13.9. The van der Waals surface area contributed by atoms with E-state index >= 15 is 0 Å². The third-order valence-electron chi connectivity index (χ3n) is 1.62. The minimum atomic E-state index is -0.236. The number of aliphatic hydroxyl groups is 1. The lowest BCUT2D eigenvalue weighted by Gasteiger charge is -2.04. The van der Waals surface area contributed by atoms with Crippen LogP contribution in [0.25, 0.3) is 0 Å². The van der Waals surface area contributed by atoms with Gasteiger partial charge in [0.05, 0.1) is 6.61 Å². The van der Waals surface area contributed by atoms with Crippen LogP contribution < -0.4 is 5.32 Å². The highest BCUT2D eigenvalue weighted by Gasteiger charge is 2.01. The average Bonchev–Trinajstić information content (AvgIpc) is 2.09. The lowest BCUT2D eigenvalue weighted by molar-refractivity contribution is 0.291. The highest BCUT2D eigenvalue weighted by atomic mass is 79.9. The molecule has 0 heterocycles. The first-order valence-corrected chi connectivity index (χ1v) is 4.79. The Kier molecular flexibility index (Phi) is 4.35. The monoisotopic (exact) mass is 247 g/mol. The van der Waals surface area contributed by atoms with E-state index in [-0.39, 0.29) is 12.4 Å². The zero-order chi connectivity index (χ0) is 9.68. The number of nitrogens with one attached hydrogen (secondary N) is 1. The molecule has 0 radical (unpaired) electrons. The molecular formula is C9H11BrFNO. The van der Waals surface area contributed by atoms with Crippen LogP contribution in [-0.2, 0) is 6.54 Å². The number of hydrogen-bond donors (Lipinski definition) is 2. The van der Waals surface area contributed by atoms with Crippen LogP contribution >= 0.6 is 15.9 Å². The lowest BCUT2D eigenvalue weighted by Crippen LogP contribution is -2.18. The van der Waals surface area contributed by atoms with Crippen LogP contribution in [0.5, 0.6) is 0 Å². The van der Waals surface area contributed by atoms with Gasteiger partial charge in [-0.15, -0.1) is 0 Å². The topological polar surface area (TPSA) is 32.3 Å². The van der Waals surface area contributed by atoms with Crippen molar-refractivity contribution in [3.8, 4) is 0 Å². The summed E-state index contributed by atoms with van der Waals surface area (Å²) in [4.78, 5) is 0. The Morgan fingerprint density at radius 2 is 2.23 bits per heavy atom. The molecule has 13 heavy (non-hydrogen) atoms. The standard InChI is InChI=1S/C9H11BrFNO/c10-8-2-1-7(9(11)5-8)6-12-3-4-13/h1-2,5,12-13H,3-4,6H2. The highest BCUT2D eigenvalue weighted by Crippen LogP contribution is 2.14. The van der Waals surface area contributed by atoms with E-state index in [0.29, 0.717) is 18.7 Å². The molecule has 0 aliphatic heterocycles. The van der Waals surface area contributed by atoms with E-state index in [1.54, 1.807) is 12.1 Å². The van der Waals surface area contributed by atoms with Crippen LogP contribution in [0.2, 0.25) is 0 Å². The van der Waals surface area contributed by atoms with Crippen LogP contribution in [0.3, 0.4) is 0 Å². The third-order valence-corrected chi connectivity index (χ3v) is 2.11. The SMILES string of the molecule is OCCNCc1ccc(Br)cc1F. The van der Waals surface area contributed by atoms with Gasteiger partial charge in [-0.3, -0.25) is 0 Å². The van der Waals surface area contributed by atoms with Gasteiger partial charge in [-0.25, -0.2) is 4.39 Å². The lowest BCUT2D eigenvalue weighted by atomic mass is 10.2. The predicted molar refractivity (Wildman–Crippen MR) is 52.9 cm³/mol. The number of halogens is 2. The first-order chi connectivity index (χ1) is 6.24. The van der Waals surface area contributed by atoms with Crippen molar-refractivity contribution < 1.29 is 9.50 Å². The maximum Gasteiger partial charge on any atom is 0.128 e. The maximum atomic E-state index is 13.1. The molecule has 0 aliphatic carbocycles. The molecule has 0 spiro atoms. The normalized spacial score (nSPS) is 10.4. The maximum absolute atomic E-state index is 13.1. The molecule has 1 rings (SSSR count).